The van der Waals surface area contributed by atoms with Gasteiger partial charge >= 0.3 is 0 Å². The van der Waals surface area contributed by atoms with Gasteiger partial charge in [-0.1, -0.05) is 23.4 Å². The maximum atomic E-state index is 13.1. The van der Waals surface area contributed by atoms with Gasteiger partial charge in [0.05, 0.1) is 0 Å². The highest BCUT2D eigenvalue weighted by molar-refractivity contribution is 7.89. The van der Waals surface area contributed by atoms with Gasteiger partial charge in [0, 0.05) is 24.2 Å². The van der Waals surface area contributed by atoms with Crippen molar-refractivity contribution in [1.29, 1.82) is 0 Å². The van der Waals surface area contributed by atoms with Crippen LogP contribution in [0.5, 0.6) is 0 Å². The lowest BCUT2D eigenvalue weighted by Crippen LogP contribution is -2.51. The van der Waals surface area contributed by atoms with E-state index in [2.05, 4.69) is 10.5 Å². The molecule has 2 heterocycles. The monoisotopic (exact) mass is 375 g/mol. The van der Waals surface area contributed by atoms with Gasteiger partial charge in [-0.15, -0.1) is 0 Å². The average Bonchev–Trinajstić information content (AvgIpc) is 3.30. The Balaban J connectivity index is 1.57. The second kappa shape index (κ2) is 6.21. The summed E-state index contributed by atoms with van der Waals surface area (Å²) in [6.07, 6.45) is 1.57. The Labute approximate surface area is 152 Å². The normalized spacial score (nSPS) is 25.5. The molecule has 0 radical (unpaired) electrons. The second-order valence-corrected chi connectivity index (χ2v) is 8.91. The van der Waals surface area contributed by atoms with Crippen LogP contribution >= 0.6 is 0 Å². The number of sulfonamides is 1. The molecule has 2 aromatic rings. The van der Waals surface area contributed by atoms with Crippen molar-refractivity contribution in [3.63, 3.8) is 0 Å². The molecule has 2 bridgehead atoms. The smallest absolute Gasteiger partial charge is 0.251 e. The number of nitrogens with zero attached hydrogens (tertiary/aromatic N) is 2. The first-order chi connectivity index (χ1) is 12.4. The minimum atomic E-state index is -3.70. The zero-order chi connectivity index (χ0) is 18.5. The number of hydrogen-bond acceptors (Lipinski definition) is 5. The molecule has 4 rings (SSSR count). The van der Waals surface area contributed by atoms with E-state index >= 15 is 0 Å². The van der Waals surface area contributed by atoms with Crippen LogP contribution < -0.4 is 5.32 Å². The number of amides is 1. The third-order valence-electron chi connectivity index (χ3n) is 5.32. The Bertz CT molecular complexity index is 919. The number of aromatic nitrogens is 1. The van der Waals surface area contributed by atoms with Crippen molar-refractivity contribution in [3.05, 3.63) is 47.3 Å². The fraction of sp³-hybridized carbons (Fsp3) is 0.444. The maximum absolute atomic E-state index is 13.1. The summed E-state index contributed by atoms with van der Waals surface area (Å²) in [6, 6.07) is 8.56. The highest BCUT2D eigenvalue weighted by Gasteiger charge is 2.51. The topological polar surface area (TPSA) is 92.5 Å². The van der Waals surface area contributed by atoms with Gasteiger partial charge in [-0.2, -0.15) is 4.31 Å². The largest absolute Gasteiger partial charge is 0.360 e. The molecule has 26 heavy (non-hydrogen) atoms. The van der Waals surface area contributed by atoms with E-state index in [0.29, 0.717) is 23.6 Å². The summed E-state index contributed by atoms with van der Waals surface area (Å²) in [5.41, 5.74) is 0.950. The van der Waals surface area contributed by atoms with E-state index in [4.69, 9.17) is 4.52 Å². The molecule has 1 aliphatic carbocycles. The molecule has 3 atom stereocenters. The summed E-state index contributed by atoms with van der Waals surface area (Å²) in [5.74, 6) is 0.393. The van der Waals surface area contributed by atoms with Crippen LogP contribution in [-0.4, -0.2) is 42.4 Å². The first-order valence-corrected chi connectivity index (χ1v) is 10.1. The Morgan fingerprint density at radius 1 is 1.23 bits per heavy atom. The van der Waals surface area contributed by atoms with Crippen LogP contribution in [-0.2, 0) is 10.0 Å². The molecule has 1 saturated heterocycles. The van der Waals surface area contributed by atoms with Gasteiger partial charge in [-0.3, -0.25) is 4.79 Å². The summed E-state index contributed by atoms with van der Waals surface area (Å²) in [6.45, 7) is 3.72. The molecule has 2 aliphatic rings. The third-order valence-corrected chi connectivity index (χ3v) is 7.46. The van der Waals surface area contributed by atoms with E-state index in [-0.39, 0.29) is 28.8 Å². The Hall–Kier alpha value is -2.19. The zero-order valence-electron chi connectivity index (χ0n) is 14.7. The minimum Gasteiger partial charge on any atom is -0.360 e. The predicted octanol–water partition coefficient (Wildman–Crippen LogP) is 1.87. The first kappa shape index (κ1) is 17.2. The average molecular weight is 375 g/mol. The number of carbonyl (C=O) groups is 1. The van der Waals surface area contributed by atoms with Crippen LogP contribution in [0.15, 0.2) is 39.8 Å². The van der Waals surface area contributed by atoms with E-state index < -0.39 is 10.0 Å². The fourth-order valence-corrected chi connectivity index (χ4v) is 6.25. The predicted molar refractivity (Wildman–Crippen MR) is 94.1 cm³/mol. The molecule has 138 valence electrons. The van der Waals surface area contributed by atoms with Crippen LogP contribution in [0, 0.1) is 19.8 Å². The van der Waals surface area contributed by atoms with Crippen molar-refractivity contribution in [2.45, 2.75) is 43.7 Å². The van der Waals surface area contributed by atoms with E-state index in [0.717, 1.165) is 12.8 Å². The summed E-state index contributed by atoms with van der Waals surface area (Å²) in [4.78, 5) is 12.6. The minimum absolute atomic E-state index is 0.151. The molecule has 8 heteroatoms. The van der Waals surface area contributed by atoms with E-state index in [1.165, 1.54) is 4.31 Å². The van der Waals surface area contributed by atoms with Crippen molar-refractivity contribution in [2.75, 3.05) is 6.54 Å². The van der Waals surface area contributed by atoms with E-state index in [1.54, 1.807) is 26.0 Å². The van der Waals surface area contributed by atoms with Crippen LogP contribution in [0.1, 0.15) is 34.7 Å². The molecule has 1 saturated carbocycles. The van der Waals surface area contributed by atoms with Gasteiger partial charge in [0.25, 0.3) is 5.91 Å². The Kier molecular flexibility index (Phi) is 4.11. The van der Waals surface area contributed by atoms with Crippen LogP contribution in [0.25, 0.3) is 0 Å². The molecule has 1 aliphatic heterocycles. The molecule has 0 spiro atoms. The molecule has 0 unspecified atom stereocenters. The molecule has 1 amide bonds. The third kappa shape index (κ3) is 2.73. The number of rotatable bonds is 4. The maximum Gasteiger partial charge on any atom is 0.251 e. The number of carbonyl (C=O) groups excluding carboxylic acids is 1. The van der Waals surface area contributed by atoms with E-state index in [1.807, 2.05) is 18.2 Å². The molecule has 7 nitrogen and oxygen atoms in total. The molecule has 1 N–H and O–H groups in total. The summed E-state index contributed by atoms with van der Waals surface area (Å²) in [5, 5.41) is 6.79. The number of piperidine rings is 1. The SMILES string of the molecule is Cc1noc(C)c1S(=O)(=O)N1C[C@@H]2C[C@H](NC(=O)c3ccccc3)[C@H]1C2. The van der Waals surface area contributed by atoms with Crippen LogP contribution in [0.2, 0.25) is 0 Å². The van der Waals surface area contributed by atoms with Gasteiger partial charge < -0.3 is 9.84 Å². The second-order valence-electron chi connectivity index (χ2n) is 7.08. The van der Waals surface area contributed by atoms with Crippen molar-refractivity contribution in [3.8, 4) is 0 Å². The number of aryl methyl sites for hydroxylation is 2. The number of nitrogens with one attached hydrogen (secondary N) is 1. The Morgan fingerprint density at radius 3 is 2.58 bits per heavy atom. The summed E-state index contributed by atoms with van der Waals surface area (Å²) < 4.78 is 32.8. The van der Waals surface area contributed by atoms with Gasteiger partial charge in [-0.25, -0.2) is 8.42 Å². The lowest BCUT2D eigenvalue weighted by atomic mass is 10.1. The first-order valence-electron chi connectivity index (χ1n) is 8.68. The number of benzene rings is 1. The lowest BCUT2D eigenvalue weighted by molar-refractivity contribution is 0.0917. The standard InChI is InChI=1S/C18H21N3O4S/c1-11-17(12(2)25-20-11)26(23,24)21-10-13-8-15(16(21)9-13)19-18(22)14-6-4-3-5-7-14/h3-7,13,15-16H,8-10H2,1-2H3,(H,19,22)/t13-,15+,16-/m1/s1. The molecule has 1 aromatic heterocycles. The lowest BCUT2D eigenvalue weighted by Gasteiger charge is -2.32. The Morgan fingerprint density at radius 2 is 1.96 bits per heavy atom. The molecular formula is C18H21N3O4S. The summed E-state index contributed by atoms with van der Waals surface area (Å²) >= 11 is 0. The van der Waals surface area contributed by atoms with Crippen LogP contribution in [0.4, 0.5) is 0 Å². The molecular weight excluding hydrogens is 354 g/mol. The van der Waals surface area contributed by atoms with Gasteiger partial charge in [0.1, 0.15) is 10.6 Å². The van der Waals surface area contributed by atoms with Gasteiger partial charge in [-0.05, 0) is 44.7 Å². The number of fused-ring (bicyclic) bond motifs is 2. The summed E-state index contributed by atoms with van der Waals surface area (Å²) in [7, 11) is -3.70. The molecule has 2 fully saturated rings. The highest BCUT2D eigenvalue weighted by Crippen LogP contribution is 2.41. The van der Waals surface area contributed by atoms with Crippen molar-refractivity contribution in [2.24, 2.45) is 5.92 Å². The van der Waals surface area contributed by atoms with Crippen molar-refractivity contribution >= 4 is 15.9 Å². The van der Waals surface area contributed by atoms with Gasteiger partial charge in [0.15, 0.2) is 5.76 Å². The zero-order valence-corrected chi connectivity index (χ0v) is 15.5. The van der Waals surface area contributed by atoms with E-state index in [9.17, 15) is 13.2 Å². The van der Waals surface area contributed by atoms with Crippen molar-refractivity contribution in [1.82, 2.24) is 14.8 Å². The molecule has 1 aromatic carbocycles. The fourth-order valence-electron chi connectivity index (χ4n) is 4.21. The quantitative estimate of drug-likeness (QED) is 0.881. The van der Waals surface area contributed by atoms with Crippen molar-refractivity contribution < 1.29 is 17.7 Å². The highest BCUT2D eigenvalue weighted by atomic mass is 32.2. The van der Waals surface area contributed by atoms with Crippen LogP contribution in [0.3, 0.4) is 0 Å². The number of hydrogen-bond donors (Lipinski definition) is 1. The van der Waals surface area contributed by atoms with Gasteiger partial charge in [0.2, 0.25) is 10.0 Å².